The molecule has 0 unspecified atom stereocenters. The van der Waals surface area contributed by atoms with Gasteiger partial charge < -0.3 is 8.20 Å². The molecular formula is C8H7BF3NO2S. The maximum atomic E-state index is 12.5. The Kier molecular flexibility index (Phi) is 3.14. The van der Waals surface area contributed by atoms with Crippen molar-refractivity contribution in [1.82, 2.24) is 4.98 Å². The second-order valence-corrected chi connectivity index (χ2v) is 3.72. The molecule has 0 aromatic carbocycles. The molecule has 1 aliphatic rings. The molecule has 3 nitrogen and oxygen atoms in total. The molecule has 0 bridgehead atoms. The molecule has 1 saturated heterocycles. The van der Waals surface area contributed by atoms with Crippen LogP contribution in [0.3, 0.4) is 0 Å². The van der Waals surface area contributed by atoms with Crippen molar-refractivity contribution in [3.63, 3.8) is 0 Å². The molecule has 1 aromatic heterocycles. The van der Waals surface area contributed by atoms with Gasteiger partial charge in [-0.05, 0) is 12.5 Å². The van der Waals surface area contributed by atoms with E-state index in [-0.39, 0.29) is 0 Å². The number of alkyl halides is 3. The van der Waals surface area contributed by atoms with Gasteiger partial charge in [0.05, 0.1) is 5.56 Å². The van der Waals surface area contributed by atoms with E-state index in [4.69, 9.17) is 8.20 Å². The smallest absolute Gasteiger partial charge is 0.316 e. The van der Waals surface area contributed by atoms with E-state index < -0.39 is 18.9 Å². The van der Waals surface area contributed by atoms with E-state index in [1.165, 1.54) is 0 Å². The third-order valence-corrected chi connectivity index (χ3v) is 2.68. The van der Waals surface area contributed by atoms with Gasteiger partial charge in [0.1, 0.15) is 12.3 Å². The first-order chi connectivity index (χ1) is 7.52. The third kappa shape index (κ3) is 2.18. The molecule has 8 heteroatoms. The molecule has 0 aliphatic carbocycles. The summed E-state index contributed by atoms with van der Waals surface area (Å²) in [4.78, 5) is 3.78. The van der Waals surface area contributed by atoms with Gasteiger partial charge in [-0.15, -0.1) is 0 Å². The lowest BCUT2D eigenvalue weighted by atomic mass is 9.77. The van der Waals surface area contributed by atoms with E-state index in [1.54, 1.807) is 0 Å². The SMILES string of the molecule is CCc1ncc(C(F)(F)F)cc1B1OSO1. The zero-order chi connectivity index (χ0) is 11.8. The number of aromatic nitrogens is 1. The minimum atomic E-state index is -4.40. The predicted octanol–water partition coefficient (Wildman–Crippen LogP) is 1.97. The standard InChI is InChI=1S/C8H7BF3NO2S/c1-2-7-6(9-14-16-15-9)3-5(4-13-7)8(10,11)12/h3-4H,2H2,1H3. The number of halogens is 3. The summed E-state index contributed by atoms with van der Waals surface area (Å²) in [6.45, 7) is 1.81. The summed E-state index contributed by atoms with van der Waals surface area (Å²) in [5.41, 5.74) is 0.109. The van der Waals surface area contributed by atoms with Crippen molar-refractivity contribution >= 4 is 24.9 Å². The van der Waals surface area contributed by atoms with Crippen LogP contribution in [-0.2, 0) is 20.8 Å². The molecule has 1 aliphatic heterocycles. The van der Waals surface area contributed by atoms with E-state index in [2.05, 4.69) is 4.98 Å². The molecule has 2 rings (SSSR count). The van der Waals surface area contributed by atoms with Crippen LogP contribution in [0, 0.1) is 0 Å². The Hall–Kier alpha value is -0.725. The van der Waals surface area contributed by atoms with Gasteiger partial charge in [-0.2, -0.15) is 13.2 Å². The summed E-state index contributed by atoms with van der Waals surface area (Å²) in [6, 6.07) is 1.02. The Bertz CT molecular complexity index is 397. The van der Waals surface area contributed by atoms with E-state index in [1.807, 2.05) is 6.92 Å². The minimum Gasteiger partial charge on any atom is -0.316 e. The summed E-state index contributed by atoms with van der Waals surface area (Å²) in [6.07, 6.45) is -3.04. The van der Waals surface area contributed by atoms with E-state index in [9.17, 15) is 13.2 Å². The maximum Gasteiger partial charge on any atom is 0.521 e. The highest BCUT2D eigenvalue weighted by Crippen LogP contribution is 2.29. The summed E-state index contributed by atoms with van der Waals surface area (Å²) in [5.74, 6) is 0. The molecule has 2 heterocycles. The molecule has 0 radical (unpaired) electrons. The first kappa shape index (κ1) is 11.8. The number of aryl methyl sites for hydroxylation is 1. The van der Waals surface area contributed by atoms with E-state index >= 15 is 0 Å². The summed E-state index contributed by atoms with van der Waals surface area (Å²) >= 11 is 0.763. The monoisotopic (exact) mass is 249 g/mol. The largest absolute Gasteiger partial charge is 0.521 e. The van der Waals surface area contributed by atoms with Crippen molar-refractivity contribution in [3.05, 3.63) is 23.5 Å². The highest BCUT2D eigenvalue weighted by atomic mass is 32.2. The second-order valence-electron chi connectivity index (χ2n) is 3.20. The van der Waals surface area contributed by atoms with Crippen LogP contribution in [0.4, 0.5) is 13.2 Å². The fourth-order valence-corrected chi connectivity index (χ4v) is 1.71. The van der Waals surface area contributed by atoms with Gasteiger partial charge >= 0.3 is 13.3 Å². The molecule has 0 atom stereocenters. The molecule has 1 fully saturated rings. The number of pyridine rings is 1. The van der Waals surface area contributed by atoms with Gasteiger partial charge in [-0.1, -0.05) is 6.92 Å². The third-order valence-electron chi connectivity index (χ3n) is 2.17. The number of rotatable bonds is 2. The summed E-state index contributed by atoms with van der Waals surface area (Å²) in [5, 5.41) is 0. The first-order valence-electron chi connectivity index (χ1n) is 4.57. The lowest BCUT2D eigenvalue weighted by Crippen LogP contribution is -2.42. The molecule has 1 aromatic rings. The lowest BCUT2D eigenvalue weighted by molar-refractivity contribution is -0.137. The number of hydrogen-bond donors (Lipinski definition) is 0. The van der Waals surface area contributed by atoms with E-state index in [0.717, 1.165) is 24.6 Å². The van der Waals surface area contributed by atoms with Gasteiger partial charge in [0, 0.05) is 17.4 Å². The highest BCUT2D eigenvalue weighted by Gasteiger charge is 2.38. The topological polar surface area (TPSA) is 31.4 Å². The lowest BCUT2D eigenvalue weighted by Gasteiger charge is -2.22. The Labute approximate surface area is 94.9 Å². The quantitative estimate of drug-likeness (QED) is 0.592. The molecule has 0 N–H and O–H groups in total. The Morgan fingerprint density at radius 3 is 2.56 bits per heavy atom. The van der Waals surface area contributed by atoms with Crippen molar-refractivity contribution in [2.24, 2.45) is 0 Å². The normalized spacial score (nSPS) is 16.1. The second kappa shape index (κ2) is 4.27. The number of nitrogens with zero attached hydrogens (tertiary/aromatic N) is 1. The molecule has 0 saturated carbocycles. The summed E-state index contributed by atoms with van der Waals surface area (Å²) < 4.78 is 47.2. The van der Waals surface area contributed by atoms with Crippen LogP contribution in [0.5, 0.6) is 0 Å². The Morgan fingerprint density at radius 1 is 1.44 bits per heavy atom. The van der Waals surface area contributed by atoms with Gasteiger partial charge in [0.15, 0.2) is 0 Å². The van der Waals surface area contributed by atoms with Crippen molar-refractivity contribution in [1.29, 1.82) is 0 Å². The van der Waals surface area contributed by atoms with Gasteiger partial charge in [-0.3, -0.25) is 4.98 Å². The van der Waals surface area contributed by atoms with Crippen LogP contribution < -0.4 is 5.46 Å². The average Bonchev–Trinajstić information content (AvgIpc) is 2.13. The van der Waals surface area contributed by atoms with Gasteiger partial charge in [0.25, 0.3) is 0 Å². The Balaban J connectivity index is 2.38. The zero-order valence-electron chi connectivity index (χ0n) is 8.25. The predicted molar refractivity (Wildman–Crippen MR) is 53.8 cm³/mol. The Morgan fingerprint density at radius 2 is 2.12 bits per heavy atom. The zero-order valence-corrected chi connectivity index (χ0v) is 9.06. The molecule has 0 spiro atoms. The molecule has 16 heavy (non-hydrogen) atoms. The first-order valence-corrected chi connectivity index (χ1v) is 5.24. The van der Waals surface area contributed by atoms with Crippen LogP contribution in [-0.4, -0.2) is 12.1 Å². The van der Waals surface area contributed by atoms with Crippen LogP contribution in [0.1, 0.15) is 18.2 Å². The van der Waals surface area contributed by atoms with Crippen molar-refractivity contribution in [3.8, 4) is 0 Å². The number of hydrogen-bond acceptors (Lipinski definition) is 4. The van der Waals surface area contributed by atoms with E-state index in [0.29, 0.717) is 17.6 Å². The molecule has 86 valence electrons. The van der Waals surface area contributed by atoms with Crippen LogP contribution in [0.25, 0.3) is 0 Å². The van der Waals surface area contributed by atoms with Crippen molar-refractivity contribution < 1.29 is 21.4 Å². The minimum absolute atomic E-state index is 0.344. The average molecular weight is 249 g/mol. The summed E-state index contributed by atoms with van der Waals surface area (Å²) in [7, 11) is -0.741. The van der Waals surface area contributed by atoms with Crippen molar-refractivity contribution in [2.45, 2.75) is 19.5 Å². The van der Waals surface area contributed by atoms with Crippen LogP contribution in [0.2, 0.25) is 0 Å². The van der Waals surface area contributed by atoms with Gasteiger partial charge in [0.2, 0.25) is 0 Å². The fraction of sp³-hybridized carbons (Fsp3) is 0.375. The molecule has 0 amide bonds. The van der Waals surface area contributed by atoms with Crippen LogP contribution in [0.15, 0.2) is 12.3 Å². The van der Waals surface area contributed by atoms with Crippen molar-refractivity contribution in [2.75, 3.05) is 0 Å². The molecular weight excluding hydrogens is 242 g/mol. The highest BCUT2D eigenvalue weighted by molar-refractivity contribution is 7.94. The van der Waals surface area contributed by atoms with Crippen LogP contribution >= 0.6 is 12.3 Å². The maximum absolute atomic E-state index is 12.5. The van der Waals surface area contributed by atoms with Gasteiger partial charge in [-0.25, -0.2) is 0 Å². The fourth-order valence-electron chi connectivity index (χ4n) is 1.35.